The Balaban J connectivity index is 2.11. The van der Waals surface area contributed by atoms with Gasteiger partial charge in [-0.3, -0.25) is 9.36 Å². The van der Waals surface area contributed by atoms with E-state index in [0.717, 1.165) is 12.2 Å². The summed E-state index contributed by atoms with van der Waals surface area (Å²) in [5.74, 6) is 2.64. The predicted octanol–water partition coefficient (Wildman–Crippen LogP) is 2.19. The highest BCUT2D eigenvalue weighted by atomic mass is 16.3. The van der Waals surface area contributed by atoms with Crippen LogP contribution < -0.4 is 0 Å². The molecule has 2 aromatic rings. The first-order chi connectivity index (χ1) is 10.5. The Hall–Kier alpha value is -2.18. The molecule has 1 aliphatic heterocycles. The summed E-state index contributed by atoms with van der Waals surface area (Å²) < 4.78 is 7.22. The molecule has 7 nitrogen and oxygen atoms in total. The zero-order valence-electron chi connectivity index (χ0n) is 13.4. The van der Waals surface area contributed by atoms with Crippen LogP contribution >= 0.6 is 0 Å². The molecule has 3 rings (SSSR count). The molecule has 0 fully saturated rings. The van der Waals surface area contributed by atoms with Gasteiger partial charge in [-0.1, -0.05) is 13.8 Å². The van der Waals surface area contributed by atoms with Crippen molar-refractivity contribution in [1.29, 1.82) is 0 Å². The van der Waals surface area contributed by atoms with Crippen molar-refractivity contribution in [2.45, 2.75) is 46.7 Å². The highest BCUT2D eigenvalue weighted by Gasteiger charge is 2.36. The molecule has 0 unspecified atom stereocenters. The molecule has 22 heavy (non-hydrogen) atoms. The second-order valence-corrected chi connectivity index (χ2v) is 6.06. The number of hydrogen-bond acceptors (Lipinski definition) is 5. The van der Waals surface area contributed by atoms with Gasteiger partial charge in [0.1, 0.15) is 17.5 Å². The number of fused-ring (bicyclic) bond motifs is 1. The number of amides is 1. The Morgan fingerprint density at radius 3 is 2.77 bits per heavy atom. The van der Waals surface area contributed by atoms with Crippen molar-refractivity contribution in [3.63, 3.8) is 0 Å². The van der Waals surface area contributed by atoms with Gasteiger partial charge in [-0.15, -0.1) is 10.2 Å². The number of hydrogen-bond donors (Lipinski definition) is 0. The molecule has 0 saturated carbocycles. The normalized spacial score (nSPS) is 18.1. The Morgan fingerprint density at radius 2 is 2.18 bits per heavy atom. The van der Waals surface area contributed by atoms with Crippen molar-refractivity contribution in [3.05, 3.63) is 18.0 Å². The maximum absolute atomic E-state index is 12.8. The van der Waals surface area contributed by atoms with Crippen molar-refractivity contribution in [2.24, 2.45) is 5.92 Å². The largest absolute Gasteiger partial charge is 0.448 e. The Kier molecular flexibility index (Phi) is 3.72. The second kappa shape index (κ2) is 5.55. The fraction of sp³-hybridized carbons (Fsp3) is 0.600. The second-order valence-electron chi connectivity index (χ2n) is 6.06. The summed E-state index contributed by atoms with van der Waals surface area (Å²) in [4.78, 5) is 18.8. The molecule has 1 atom stereocenters. The first-order valence-electron chi connectivity index (χ1n) is 7.65. The molecule has 7 heteroatoms. The van der Waals surface area contributed by atoms with E-state index in [1.807, 2.05) is 23.3 Å². The summed E-state index contributed by atoms with van der Waals surface area (Å²) in [6.45, 7) is 9.22. The molecule has 0 N–H and O–H groups in total. The lowest BCUT2D eigenvalue weighted by molar-refractivity contribution is -0.137. The van der Waals surface area contributed by atoms with E-state index in [0.29, 0.717) is 36.3 Å². The van der Waals surface area contributed by atoms with E-state index in [2.05, 4.69) is 29.0 Å². The fourth-order valence-corrected chi connectivity index (χ4v) is 2.93. The highest BCUT2D eigenvalue weighted by Crippen LogP contribution is 2.32. The predicted molar refractivity (Wildman–Crippen MR) is 79.8 cm³/mol. The van der Waals surface area contributed by atoms with Gasteiger partial charge in [-0.25, -0.2) is 4.98 Å². The zero-order chi connectivity index (χ0) is 15.9. The van der Waals surface area contributed by atoms with E-state index < -0.39 is 0 Å². The molecule has 118 valence electrons. The molecule has 0 saturated heterocycles. The molecular formula is C15H21N5O2. The summed E-state index contributed by atoms with van der Waals surface area (Å²) in [5.41, 5.74) is 0.658. The first-order valence-corrected chi connectivity index (χ1v) is 7.65. The molecule has 0 spiro atoms. The average molecular weight is 303 g/mol. The lowest BCUT2D eigenvalue weighted by Crippen LogP contribution is -2.43. The molecule has 0 bridgehead atoms. The molecule has 0 aliphatic carbocycles. The number of rotatable bonds is 4. The summed E-state index contributed by atoms with van der Waals surface area (Å²) in [6.07, 6.45) is 2.15. The van der Waals surface area contributed by atoms with E-state index in [-0.39, 0.29) is 11.9 Å². The van der Waals surface area contributed by atoms with E-state index in [9.17, 15) is 4.79 Å². The lowest BCUT2D eigenvalue weighted by Gasteiger charge is -2.33. The zero-order valence-corrected chi connectivity index (χ0v) is 13.4. The van der Waals surface area contributed by atoms with Gasteiger partial charge < -0.3 is 9.32 Å². The number of aromatic nitrogens is 4. The minimum absolute atomic E-state index is 0.130. The van der Waals surface area contributed by atoms with Crippen LogP contribution in [-0.2, 0) is 11.3 Å². The van der Waals surface area contributed by atoms with Crippen molar-refractivity contribution in [2.75, 3.05) is 6.54 Å². The molecule has 0 aromatic carbocycles. The van der Waals surface area contributed by atoms with Crippen LogP contribution in [0, 0.1) is 12.8 Å². The minimum Gasteiger partial charge on any atom is -0.448 e. The maximum atomic E-state index is 12.8. The summed E-state index contributed by atoms with van der Waals surface area (Å²) >= 11 is 0. The number of likely N-dealkylation sites (N-methyl/N-ethyl adjacent to an activating group) is 1. The van der Waals surface area contributed by atoms with Gasteiger partial charge in [-0.2, -0.15) is 0 Å². The summed E-state index contributed by atoms with van der Waals surface area (Å²) in [7, 11) is 0. The maximum Gasteiger partial charge on any atom is 0.246 e. The van der Waals surface area contributed by atoms with Gasteiger partial charge >= 0.3 is 0 Å². The molecule has 1 aliphatic rings. The van der Waals surface area contributed by atoms with E-state index >= 15 is 0 Å². The van der Waals surface area contributed by atoms with Gasteiger partial charge in [0.2, 0.25) is 5.91 Å². The fourth-order valence-electron chi connectivity index (χ4n) is 2.93. The van der Waals surface area contributed by atoms with Crippen LogP contribution in [0.25, 0.3) is 11.5 Å². The third-order valence-corrected chi connectivity index (χ3v) is 4.04. The minimum atomic E-state index is -0.273. The van der Waals surface area contributed by atoms with Crippen LogP contribution in [0.4, 0.5) is 0 Å². The van der Waals surface area contributed by atoms with Gasteiger partial charge in [0, 0.05) is 6.54 Å². The van der Waals surface area contributed by atoms with Crippen molar-refractivity contribution >= 4 is 5.91 Å². The number of carbonyl (C=O) groups is 1. The third kappa shape index (κ3) is 2.30. The highest BCUT2D eigenvalue weighted by molar-refractivity contribution is 5.82. The van der Waals surface area contributed by atoms with E-state index in [4.69, 9.17) is 4.42 Å². The van der Waals surface area contributed by atoms with Crippen molar-refractivity contribution in [1.82, 2.24) is 24.6 Å². The van der Waals surface area contributed by atoms with Crippen molar-refractivity contribution < 1.29 is 9.21 Å². The van der Waals surface area contributed by atoms with Crippen LogP contribution in [-0.4, -0.2) is 37.1 Å². The van der Waals surface area contributed by atoms with Crippen LogP contribution in [0.3, 0.4) is 0 Å². The van der Waals surface area contributed by atoms with Crippen molar-refractivity contribution in [3.8, 4) is 11.5 Å². The smallest absolute Gasteiger partial charge is 0.246 e. The quantitative estimate of drug-likeness (QED) is 0.865. The Labute approximate surface area is 129 Å². The summed E-state index contributed by atoms with van der Waals surface area (Å²) in [6, 6.07) is -0.273. The van der Waals surface area contributed by atoms with Gasteiger partial charge in [0.25, 0.3) is 0 Å². The number of aryl methyl sites for hydroxylation is 1. The standard InChI is InChI=1S/C15H21N5O2/c1-5-19-7-12-17-18-14(13-10(4)22-8-16-13)20(12)11(15(19)21)6-9(2)3/h8-9,11H,5-7H2,1-4H3/t11-/m0/s1. The third-order valence-electron chi connectivity index (χ3n) is 4.04. The van der Waals surface area contributed by atoms with Gasteiger partial charge in [0.05, 0.1) is 6.54 Å². The van der Waals surface area contributed by atoms with Crippen LogP contribution in [0.5, 0.6) is 0 Å². The van der Waals surface area contributed by atoms with Gasteiger partial charge in [-0.05, 0) is 26.2 Å². The monoisotopic (exact) mass is 303 g/mol. The van der Waals surface area contributed by atoms with E-state index in [1.165, 1.54) is 6.39 Å². The summed E-state index contributed by atoms with van der Waals surface area (Å²) in [5, 5.41) is 8.55. The lowest BCUT2D eigenvalue weighted by atomic mass is 10.0. The number of carbonyl (C=O) groups excluding carboxylic acids is 1. The van der Waals surface area contributed by atoms with Crippen LogP contribution in [0.15, 0.2) is 10.8 Å². The Morgan fingerprint density at radius 1 is 1.41 bits per heavy atom. The Bertz CT molecular complexity index is 688. The molecule has 3 heterocycles. The topological polar surface area (TPSA) is 77.1 Å². The van der Waals surface area contributed by atoms with Gasteiger partial charge in [0.15, 0.2) is 18.0 Å². The molecular weight excluding hydrogens is 282 g/mol. The van der Waals surface area contributed by atoms with E-state index in [1.54, 1.807) is 0 Å². The number of nitrogens with zero attached hydrogens (tertiary/aromatic N) is 5. The average Bonchev–Trinajstić information content (AvgIpc) is 3.06. The first kappa shape index (κ1) is 14.7. The van der Waals surface area contributed by atoms with Crippen LogP contribution in [0.1, 0.15) is 44.8 Å². The van der Waals surface area contributed by atoms with Crippen LogP contribution in [0.2, 0.25) is 0 Å². The molecule has 1 amide bonds. The SMILES string of the molecule is CCN1Cc2nnc(-c3ncoc3C)n2[C@@H](CC(C)C)C1=O. The molecule has 2 aromatic heterocycles. The molecule has 0 radical (unpaired) electrons. The number of oxazole rings is 1.